The van der Waals surface area contributed by atoms with E-state index in [1.807, 2.05) is 48.3 Å². The number of benzene rings is 2. The third kappa shape index (κ3) is 7.29. The molecule has 1 aromatic heterocycles. The van der Waals surface area contributed by atoms with Crippen LogP contribution in [0.4, 0.5) is 4.39 Å². The SMILES string of the molecule is CC(=O)N1CCN(Cc2cccc(OCCn3cc(C)cn3)c2)CC(O)(COc2ccc(F)cc2)C1. The number of carbonyl (C=O) groups excluding carboxylic acids is 1. The van der Waals surface area contributed by atoms with E-state index >= 15 is 0 Å². The van der Waals surface area contributed by atoms with E-state index in [4.69, 9.17) is 9.47 Å². The molecule has 0 aliphatic carbocycles. The summed E-state index contributed by atoms with van der Waals surface area (Å²) in [6, 6.07) is 13.6. The Labute approximate surface area is 210 Å². The van der Waals surface area contributed by atoms with Crippen LogP contribution in [0.5, 0.6) is 11.5 Å². The van der Waals surface area contributed by atoms with Crippen molar-refractivity contribution in [3.05, 3.63) is 77.9 Å². The molecular weight excluding hydrogens is 463 g/mol. The Bertz CT molecular complexity index is 1150. The van der Waals surface area contributed by atoms with Gasteiger partial charge < -0.3 is 19.5 Å². The molecule has 9 heteroatoms. The summed E-state index contributed by atoms with van der Waals surface area (Å²) < 4.78 is 26.8. The molecule has 0 spiro atoms. The smallest absolute Gasteiger partial charge is 0.219 e. The normalized spacial score (nSPS) is 18.6. The van der Waals surface area contributed by atoms with Crippen LogP contribution in [0.1, 0.15) is 18.1 Å². The molecule has 0 radical (unpaired) electrons. The lowest BCUT2D eigenvalue weighted by molar-refractivity contribution is -0.132. The number of aryl methyl sites for hydroxylation is 1. The Morgan fingerprint density at radius 2 is 1.92 bits per heavy atom. The van der Waals surface area contributed by atoms with Crippen LogP contribution < -0.4 is 9.47 Å². The summed E-state index contributed by atoms with van der Waals surface area (Å²) in [6.07, 6.45) is 3.80. The van der Waals surface area contributed by atoms with Gasteiger partial charge in [0, 0.05) is 39.3 Å². The Morgan fingerprint density at radius 1 is 1.11 bits per heavy atom. The number of β-amino-alcohol motifs (C(OH)–C–C–N with tert-alkyl or cyclic N) is 1. The van der Waals surface area contributed by atoms with E-state index in [-0.39, 0.29) is 24.9 Å². The highest BCUT2D eigenvalue weighted by atomic mass is 19.1. The van der Waals surface area contributed by atoms with Gasteiger partial charge in [-0.05, 0) is 54.4 Å². The largest absolute Gasteiger partial charge is 0.492 e. The van der Waals surface area contributed by atoms with Crippen LogP contribution in [-0.4, -0.2) is 75.6 Å². The van der Waals surface area contributed by atoms with Gasteiger partial charge in [-0.1, -0.05) is 12.1 Å². The van der Waals surface area contributed by atoms with E-state index in [0.29, 0.717) is 45.1 Å². The van der Waals surface area contributed by atoms with Crippen LogP contribution in [-0.2, 0) is 17.9 Å². The van der Waals surface area contributed by atoms with Crippen LogP contribution in [0.2, 0.25) is 0 Å². The van der Waals surface area contributed by atoms with Crippen molar-refractivity contribution in [3.8, 4) is 11.5 Å². The molecule has 4 rings (SSSR count). The third-order valence-corrected chi connectivity index (χ3v) is 6.11. The molecule has 1 unspecified atom stereocenters. The molecule has 1 aliphatic heterocycles. The second-order valence-electron chi connectivity index (χ2n) is 9.39. The van der Waals surface area contributed by atoms with Gasteiger partial charge in [-0.3, -0.25) is 14.4 Å². The molecule has 192 valence electrons. The molecule has 1 aliphatic rings. The van der Waals surface area contributed by atoms with Crippen molar-refractivity contribution in [2.75, 3.05) is 39.4 Å². The Balaban J connectivity index is 1.38. The van der Waals surface area contributed by atoms with Crippen LogP contribution >= 0.6 is 0 Å². The van der Waals surface area contributed by atoms with E-state index in [1.54, 1.807) is 4.90 Å². The van der Waals surface area contributed by atoms with Gasteiger partial charge in [-0.25, -0.2) is 4.39 Å². The van der Waals surface area contributed by atoms with Gasteiger partial charge in [0.15, 0.2) is 0 Å². The van der Waals surface area contributed by atoms with Gasteiger partial charge in [0.05, 0.1) is 19.3 Å². The van der Waals surface area contributed by atoms with Gasteiger partial charge >= 0.3 is 0 Å². The van der Waals surface area contributed by atoms with Crippen molar-refractivity contribution in [2.24, 2.45) is 0 Å². The topological polar surface area (TPSA) is 80.1 Å². The number of hydrogen-bond acceptors (Lipinski definition) is 6. The minimum absolute atomic E-state index is 0.0189. The second-order valence-corrected chi connectivity index (χ2v) is 9.39. The molecule has 1 N–H and O–H groups in total. The van der Waals surface area contributed by atoms with E-state index in [2.05, 4.69) is 10.00 Å². The van der Waals surface area contributed by atoms with Crippen molar-refractivity contribution < 1.29 is 23.8 Å². The average Bonchev–Trinajstić information content (AvgIpc) is 3.18. The minimum atomic E-state index is -1.29. The van der Waals surface area contributed by atoms with Crippen molar-refractivity contribution in [1.29, 1.82) is 0 Å². The minimum Gasteiger partial charge on any atom is -0.492 e. The van der Waals surface area contributed by atoms with E-state index < -0.39 is 5.60 Å². The standard InChI is InChI=1S/C27H33FN4O4/c1-21-15-29-32(16-21)12-13-35-26-5-3-4-23(14-26)17-30-10-11-31(22(2)33)19-27(34,18-30)20-36-25-8-6-24(28)7-9-25/h3-9,14-16,34H,10-13,17-20H2,1-2H3. The molecule has 2 heterocycles. The first-order chi connectivity index (χ1) is 17.3. The summed E-state index contributed by atoms with van der Waals surface area (Å²) in [5, 5.41) is 15.7. The molecule has 1 atom stereocenters. The first-order valence-corrected chi connectivity index (χ1v) is 12.1. The predicted molar refractivity (Wildman–Crippen MR) is 133 cm³/mol. The molecule has 0 bridgehead atoms. The molecule has 2 aromatic carbocycles. The molecule has 36 heavy (non-hydrogen) atoms. The highest BCUT2D eigenvalue weighted by Gasteiger charge is 2.36. The summed E-state index contributed by atoms with van der Waals surface area (Å²) in [7, 11) is 0. The number of ether oxygens (including phenoxy) is 2. The van der Waals surface area contributed by atoms with Crippen molar-refractivity contribution >= 4 is 5.91 Å². The highest BCUT2D eigenvalue weighted by molar-refractivity contribution is 5.73. The fourth-order valence-electron chi connectivity index (χ4n) is 4.32. The maximum atomic E-state index is 13.2. The van der Waals surface area contributed by atoms with E-state index in [0.717, 1.165) is 16.9 Å². The average molecular weight is 497 g/mol. The first-order valence-electron chi connectivity index (χ1n) is 12.1. The lowest BCUT2D eigenvalue weighted by Crippen LogP contribution is -2.51. The van der Waals surface area contributed by atoms with Crippen LogP contribution in [0, 0.1) is 12.7 Å². The fourth-order valence-corrected chi connectivity index (χ4v) is 4.32. The van der Waals surface area contributed by atoms with Crippen molar-refractivity contribution in [3.63, 3.8) is 0 Å². The number of carbonyl (C=O) groups is 1. The summed E-state index contributed by atoms with van der Waals surface area (Å²) >= 11 is 0. The summed E-state index contributed by atoms with van der Waals surface area (Å²) in [5.41, 5.74) is 0.869. The molecule has 1 amide bonds. The van der Waals surface area contributed by atoms with Gasteiger partial charge in [0.25, 0.3) is 0 Å². The van der Waals surface area contributed by atoms with E-state index in [1.165, 1.54) is 31.2 Å². The quantitative estimate of drug-likeness (QED) is 0.491. The molecule has 8 nitrogen and oxygen atoms in total. The molecule has 0 saturated carbocycles. The second kappa shape index (κ2) is 11.5. The number of aromatic nitrogens is 2. The number of rotatable bonds is 9. The maximum absolute atomic E-state index is 13.2. The van der Waals surface area contributed by atoms with Crippen LogP contribution in [0.25, 0.3) is 0 Å². The predicted octanol–water partition coefficient (Wildman–Crippen LogP) is 2.88. The number of nitrogens with zero attached hydrogens (tertiary/aromatic N) is 4. The monoisotopic (exact) mass is 496 g/mol. The van der Waals surface area contributed by atoms with Crippen molar-refractivity contribution in [1.82, 2.24) is 19.6 Å². The fraction of sp³-hybridized carbons (Fsp3) is 0.407. The van der Waals surface area contributed by atoms with Gasteiger partial charge in [0.1, 0.15) is 36.1 Å². The lowest BCUT2D eigenvalue weighted by Gasteiger charge is -2.32. The van der Waals surface area contributed by atoms with Crippen LogP contribution in [0.3, 0.4) is 0 Å². The van der Waals surface area contributed by atoms with Gasteiger partial charge in [-0.15, -0.1) is 0 Å². The maximum Gasteiger partial charge on any atom is 0.219 e. The zero-order chi connectivity index (χ0) is 25.5. The molecule has 1 fully saturated rings. The van der Waals surface area contributed by atoms with Gasteiger partial charge in [-0.2, -0.15) is 5.10 Å². The molecular formula is C27H33FN4O4. The highest BCUT2D eigenvalue weighted by Crippen LogP contribution is 2.21. The number of hydrogen-bond donors (Lipinski definition) is 1. The summed E-state index contributed by atoms with van der Waals surface area (Å²) in [6.45, 7) is 6.84. The third-order valence-electron chi connectivity index (χ3n) is 6.11. The van der Waals surface area contributed by atoms with Crippen LogP contribution in [0.15, 0.2) is 60.9 Å². The van der Waals surface area contributed by atoms with Gasteiger partial charge in [0.2, 0.25) is 5.91 Å². The van der Waals surface area contributed by atoms with E-state index in [9.17, 15) is 14.3 Å². The number of halogens is 1. The Kier molecular flexibility index (Phi) is 8.22. The summed E-state index contributed by atoms with van der Waals surface area (Å²) in [4.78, 5) is 15.9. The zero-order valence-corrected chi connectivity index (χ0v) is 20.8. The zero-order valence-electron chi connectivity index (χ0n) is 20.8. The number of amides is 1. The Hall–Kier alpha value is -3.43. The lowest BCUT2D eigenvalue weighted by atomic mass is 10.0. The summed E-state index contributed by atoms with van der Waals surface area (Å²) in [5.74, 6) is 0.781. The van der Waals surface area contributed by atoms with Crippen molar-refractivity contribution in [2.45, 2.75) is 32.5 Å². The molecule has 1 saturated heterocycles. The first kappa shape index (κ1) is 25.7. The number of aliphatic hydroxyl groups is 1. The molecule has 3 aromatic rings. The Morgan fingerprint density at radius 3 is 2.64 bits per heavy atom.